The van der Waals surface area contributed by atoms with Crippen molar-refractivity contribution < 1.29 is 4.92 Å². The van der Waals surface area contributed by atoms with Crippen molar-refractivity contribution in [3.8, 4) is 6.07 Å². The van der Waals surface area contributed by atoms with Gasteiger partial charge in [0, 0.05) is 11.3 Å². The molecular weight excluding hydrogens is 260 g/mol. The van der Waals surface area contributed by atoms with Gasteiger partial charge in [0.15, 0.2) is 0 Å². The van der Waals surface area contributed by atoms with Crippen molar-refractivity contribution in [1.29, 1.82) is 5.26 Å². The predicted molar refractivity (Wildman–Crippen MR) is 74.9 cm³/mol. The van der Waals surface area contributed by atoms with Gasteiger partial charge >= 0.3 is 0 Å². The lowest BCUT2D eigenvalue weighted by molar-refractivity contribution is -0.387. The van der Waals surface area contributed by atoms with E-state index in [0.29, 0.717) is 10.8 Å². The summed E-state index contributed by atoms with van der Waals surface area (Å²) in [6, 6.07) is 9.13. The first-order valence-corrected chi connectivity index (χ1v) is 7.29. The molecule has 0 radical (unpaired) electrons. The van der Waals surface area contributed by atoms with Crippen LogP contribution in [0.15, 0.2) is 29.2 Å². The average molecular weight is 276 g/mol. The molecule has 100 valence electrons. The minimum Gasteiger partial charge on any atom is -0.258 e. The number of para-hydroxylation sites is 1. The highest BCUT2D eigenvalue weighted by Crippen LogP contribution is 2.42. The lowest BCUT2D eigenvalue weighted by Crippen LogP contribution is -2.25. The molecule has 0 amide bonds. The van der Waals surface area contributed by atoms with E-state index in [2.05, 4.69) is 13.0 Å². The standard InChI is InChI=1S/C14H16N2O2S/c1-10-6-7-11(9-15)14(8-10)19-13-5-3-2-4-12(13)16(17)18/h2-5,10-11,14H,6-8H2,1H3. The third-order valence-corrected chi connectivity index (χ3v) is 4.98. The van der Waals surface area contributed by atoms with Crippen LogP contribution in [0, 0.1) is 33.3 Å². The molecule has 5 heteroatoms. The van der Waals surface area contributed by atoms with Gasteiger partial charge in [0.05, 0.1) is 21.8 Å². The summed E-state index contributed by atoms with van der Waals surface area (Å²) < 4.78 is 0. The predicted octanol–water partition coefficient (Wildman–Crippen LogP) is 4.02. The Labute approximate surface area is 117 Å². The van der Waals surface area contributed by atoms with E-state index in [-0.39, 0.29) is 21.8 Å². The van der Waals surface area contributed by atoms with Crippen molar-refractivity contribution in [1.82, 2.24) is 0 Å². The zero-order chi connectivity index (χ0) is 13.8. The summed E-state index contributed by atoms with van der Waals surface area (Å²) >= 11 is 1.49. The van der Waals surface area contributed by atoms with E-state index >= 15 is 0 Å². The van der Waals surface area contributed by atoms with Gasteiger partial charge in [-0.2, -0.15) is 5.26 Å². The SMILES string of the molecule is CC1CCC(C#N)C(Sc2ccccc2[N+](=O)[O-])C1. The average Bonchev–Trinajstić information content (AvgIpc) is 2.39. The monoisotopic (exact) mass is 276 g/mol. The molecule has 1 aromatic carbocycles. The summed E-state index contributed by atoms with van der Waals surface area (Å²) in [7, 11) is 0. The second-order valence-corrected chi connectivity index (χ2v) is 6.32. The highest BCUT2D eigenvalue weighted by Gasteiger charge is 2.31. The van der Waals surface area contributed by atoms with Gasteiger partial charge in [0.25, 0.3) is 5.69 Å². The summed E-state index contributed by atoms with van der Waals surface area (Å²) in [5, 5.41) is 20.4. The van der Waals surface area contributed by atoms with E-state index in [1.165, 1.54) is 17.8 Å². The van der Waals surface area contributed by atoms with Crippen LogP contribution in [-0.4, -0.2) is 10.2 Å². The van der Waals surface area contributed by atoms with Crippen molar-refractivity contribution in [2.75, 3.05) is 0 Å². The van der Waals surface area contributed by atoms with Crippen LogP contribution >= 0.6 is 11.8 Å². The van der Waals surface area contributed by atoms with Gasteiger partial charge in [0.1, 0.15) is 0 Å². The Hall–Kier alpha value is -1.54. The first-order chi connectivity index (χ1) is 9.11. The second kappa shape index (κ2) is 6.07. The normalized spacial score (nSPS) is 26.6. The number of hydrogen-bond acceptors (Lipinski definition) is 4. The highest BCUT2D eigenvalue weighted by molar-refractivity contribution is 8.00. The maximum Gasteiger partial charge on any atom is 0.282 e. The second-order valence-electron chi connectivity index (χ2n) is 5.03. The van der Waals surface area contributed by atoms with Crippen LogP contribution < -0.4 is 0 Å². The van der Waals surface area contributed by atoms with Crippen molar-refractivity contribution in [2.45, 2.75) is 36.3 Å². The van der Waals surface area contributed by atoms with Gasteiger partial charge in [-0.15, -0.1) is 11.8 Å². The van der Waals surface area contributed by atoms with E-state index in [1.54, 1.807) is 12.1 Å². The minimum atomic E-state index is -0.351. The van der Waals surface area contributed by atoms with Gasteiger partial charge in [-0.1, -0.05) is 19.1 Å². The summed E-state index contributed by atoms with van der Waals surface area (Å²) in [6.45, 7) is 2.18. The Kier molecular flexibility index (Phi) is 4.43. The van der Waals surface area contributed by atoms with Crippen LogP contribution in [-0.2, 0) is 0 Å². The summed E-state index contributed by atoms with van der Waals surface area (Å²) in [5.74, 6) is 0.589. The minimum absolute atomic E-state index is 0.000935. The largest absolute Gasteiger partial charge is 0.282 e. The number of hydrogen-bond donors (Lipinski definition) is 0. The summed E-state index contributed by atoms with van der Waals surface area (Å²) in [6.07, 6.45) is 2.93. The number of nitro benzene ring substituents is 1. The molecule has 0 bridgehead atoms. The fourth-order valence-electron chi connectivity index (χ4n) is 2.48. The van der Waals surface area contributed by atoms with Crippen LogP contribution in [0.1, 0.15) is 26.2 Å². The Morgan fingerprint density at radius 3 is 2.84 bits per heavy atom. The highest BCUT2D eigenvalue weighted by atomic mass is 32.2. The molecule has 1 aliphatic rings. The maximum absolute atomic E-state index is 11.0. The van der Waals surface area contributed by atoms with Crippen LogP contribution in [0.4, 0.5) is 5.69 Å². The van der Waals surface area contributed by atoms with E-state index in [4.69, 9.17) is 0 Å². The molecule has 0 heterocycles. The molecule has 0 aromatic heterocycles. The molecule has 4 nitrogen and oxygen atoms in total. The van der Waals surface area contributed by atoms with Gasteiger partial charge < -0.3 is 0 Å². The third kappa shape index (κ3) is 3.27. The first-order valence-electron chi connectivity index (χ1n) is 6.41. The number of rotatable bonds is 3. The Morgan fingerprint density at radius 2 is 2.16 bits per heavy atom. The van der Waals surface area contributed by atoms with Gasteiger partial charge in [0.2, 0.25) is 0 Å². The van der Waals surface area contributed by atoms with E-state index < -0.39 is 0 Å². The van der Waals surface area contributed by atoms with Crippen LogP contribution in [0.3, 0.4) is 0 Å². The number of nitro groups is 1. The molecule has 1 aromatic rings. The number of benzene rings is 1. The molecule has 1 saturated carbocycles. The van der Waals surface area contributed by atoms with Crippen LogP contribution in [0.5, 0.6) is 0 Å². The molecule has 0 aliphatic heterocycles. The zero-order valence-corrected chi connectivity index (χ0v) is 11.6. The topological polar surface area (TPSA) is 66.9 Å². The number of nitriles is 1. The molecule has 2 rings (SSSR count). The first kappa shape index (κ1) is 13.9. The molecule has 3 atom stereocenters. The molecule has 0 spiro atoms. The van der Waals surface area contributed by atoms with Gasteiger partial charge in [-0.25, -0.2) is 0 Å². The van der Waals surface area contributed by atoms with Gasteiger partial charge in [-0.3, -0.25) is 10.1 Å². The smallest absolute Gasteiger partial charge is 0.258 e. The fraction of sp³-hybridized carbons (Fsp3) is 0.500. The van der Waals surface area contributed by atoms with Crippen molar-refractivity contribution >= 4 is 17.4 Å². The van der Waals surface area contributed by atoms with Crippen LogP contribution in [0.25, 0.3) is 0 Å². The maximum atomic E-state index is 11.0. The summed E-state index contributed by atoms with van der Waals surface area (Å²) in [5.41, 5.74) is 0.141. The van der Waals surface area contributed by atoms with Crippen LogP contribution in [0.2, 0.25) is 0 Å². The molecule has 0 saturated heterocycles. The zero-order valence-electron chi connectivity index (χ0n) is 10.8. The van der Waals surface area contributed by atoms with E-state index in [1.807, 2.05) is 6.07 Å². The van der Waals surface area contributed by atoms with E-state index in [9.17, 15) is 15.4 Å². The molecule has 0 N–H and O–H groups in total. The van der Waals surface area contributed by atoms with Crippen molar-refractivity contribution in [2.24, 2.45) is 11.8 Å². The van der Waals surface area contributed by atoms with Crippen molar-refractivity contribution in [3.63, 3.8) is 0 Å². The third-order valence-electron chi connectivity index (χ3n) is 3.56. The Morgan fingerprint density at radius 1 is 1.42 bits per heavy atom. The lowest BCUT2D eigenvalue weighted by atomic mass is 9.83. The molecule has 3 unspecified atom stereocenters. The van der Waals surface area contributed by atoms with Crippen molar-refractivity contribution in [3.05, 3.63) is 34.4 Å². The van der Waals surface area contributed by atoms with Gasteiger partial charge in [-0.05, 0) is 31.2 Å². The lowest BCUT2D eigenvalue weighted by Gasteiger charge is -2.30. The number of nitrogens with zero attached hydrogens (tertiary/aromatic N) is 2. The Balaban J connectivity index is 2.20. The molecule has 1 fully saturated rings. The summed E-state index contributed by atoms with van der Waals surface area (Å²) in [4.78, 5) is 11.3. The van der Waals surface area contributed by atoms with E-state index in [0.717, 1.165) is 19.3 Å². The molecular formula is C14H16N2O2S. The quantitative estimate of drug-likeness (QED) is 0.617. The Bertz CT molecular complexity index is 512. The molecule has 19 heavy (non-hydrogen) atoms. The molecule has 1 aliphatic carbocycles. The number of thioether (sulfide) groups is 1. The fourth-order valence-corrected chi connectivity index (χ4v) is 4.01.